The smallest absolute Gasteiger partial charge is 0.321 e. The van der Waals surface area contributed by atoms with Gasteiger partial charge >= 0.3 is 5.97 Å². The molecule has 2 aliphatic rings. The van der Waals surface area contributed by atoms with E-state index in [4.69, 9.17) is 15.2 Å². The van der Waals surface area contributed by atoms with Crippen LogP contribution in [0.4, 0.5) is 0 Å². The molecule has 0 fully saturated rings. The Morgan fingerprint density at radius 3 is 2.62 bits per heavy atom. The first-order valence-corrected chi connectivity index (χ1v) is 9.18. The SMILES string of the molecule is Cc1nn(-c2ccccc2)c2c1[C@H]1c3ccccc3OC(=O)C1C(=N)S2. The molecule has 1 unspecified atom stereocenters. The summed E-state index contributed by atoms with van der Waals surface area (Å²) in [7, 11) is 0. The Hall–Kier alpha value is -2.86. The molecular weight excluding hydrogens is 346 g/mol. The highest BCUT2D eigenvalue weighted by molar-refractivity contribution is 8.14. The average molecular weight is 361 g/mol. The molecular formula is C20H15N3O2S. The van der Waals surface area contributed by atoms with Gasteiger partial charge in [0.05, 0.1) is 16.4 Å². The summed E-state index contributed by atoms with van der Waals surface area (Å²) in [5.74, 6) is -0.608. The second kappa shape index (κ2) is 5.57. The molecule has 0 spiro atoms. The minimum Gasteiger partial charge on any atom is -0.426 e. The number of fused-ring (bicyclic) bond motifs is 5. The Labute approximate surface area is 154 Å². The van der Waals surface area contributed by atoms with E-state index in [9.17, 15) is 4.79 Å². The highest BCUT2D eigenvalue weighted by Gasteiger charge is 2.47. The van der Waals surface area contributed by atoms with Crippen LogP contribution in [-0.4, -0.2) is 20.8 Å². The van der Waals surface area contributed by atoms with Crippen molar-refractivity contribution in [1.29, 1.82) is 5.41 Å². The van der Waals surface area contributed by atoms with Gasteiger partial charge < -0.3 is 4.74 Å². The molecule has 6 heteroatoms. The van der Waals surface area contributed by atoms with Gasteiger partial charge in [-0.1, -0.05) is 48.2 Å². The number of rotatable bonds is 1. The molecule has 0 amide bonds. The number of hydrogen-bond acceptors (Lipinski definition) is 5. The number of aromatic nitrogens is 2. The van der Waals surface area contributed by atoms with Gasteiger partial charge in [0.15, 0.2) is 0 Å². The largest absolute Gasteiger partial charge is 0.426 e. The van der Waals surface area contributed by atoms with E-state index in [1.54, 1.807) is 0 Å². The van der Waals surface area contributed by atoms with Crippen LogP contribution in [-0.2, 0) is 4.79 Å². The van der Waals surface area contributed by atoms with Gasteiger partial charge in [0.1, 0.15) is 16.7 Å². The number of nitrogens with one attached hydrogen (secondary N) is 1. The molecule has 26 heavy (non-hydrogen) atoms. The summed E-state index contributed by atoms with van der Waals surface area (Å²) >= 11 is 1.30. The van der Waals surface area contributed by atoms with Crippen LogP contribution in [0.3, 0.4) is 0 Å². The number of ether oxygens (including phenoxy) is 1. The maximum atomic E-state index is 12.6. The zero-order valence-corrected chi connectivity index (χ0v) is 14.8. The molecule has 0 saturated heterocycles. The second-order valence-electron chi connectivity index (χ2n) is 6.43. The molecule has 0 aliphatic carbocycles. The number of benzene rings is 2. The van der Waals surface area contributed by atoms with Gasteiger partial charge in [-0.05, 0) is 25.1 Å². The normalized spacial score (nSPS) is 20.8. The third-order valence-corrected chi connectivity index (χ3v) is 5.98. The standard InChI is InChI=1S/C20H15N3O2S/c1-11-15-16-13-9-5-6-10-14(13)25-20(24)17(16)18(21)26-19(15)23(22-11)12-7-3-2-4-8-12/h2-10,16-17,21H,1H3/t16-,17?/m1/s1. The number of thioether (sulfide) groups is 1. The van der Waals surface area contributed by atoms with Crippen LogP contribution in [0, 0.1) is 18.3 Å². The fraction of sp³-hybridized carbons (Fsp3) is 0.150. The zero-order chi connectivity index (χ0) is 17.8. The lowest BCUT2D eigenvalue weighted by molar-refractivity contribution is -0.138. The van der Waals surface area contributed by atoms with Crippen molar-refractivity contribution in [3.63, 3.8) is 0 Å². The van der Waals surface area contributed by atoms with E-state index < -0.39 is 5.92 Å². The first-order valence-electron chi connectivity index (χ1n) is 8.37. The zero-order valence-electron chi connectivity index (χ0n) is 14.0. The van der Waals surface area contributed by atoms with Crippen molar-refractivity contribution >= 4 is 22.8 Å². The molecule has 5 rings (SSSR count). The number of esters is 1. The summed E-state index contributed by atoms with van der Waals surface area (Å²) in [5, 5.41) is 14.5. The predicted molar refractivity (Wildman–Crippen MR) is 99.3 cm³/mol. The number of para-hydroxylation sites is 2. The summed E-state index contributed by atoms with van der Waals surface area (Å²) < 4.78 is 7.38. The van der Waals surface area contributed by atoms with Gasteiger partial charge in [0.25, 0.3) is 0 Å². The van der Waals surface area contributed by atoms with E-state index in [0.29, 0.717) is 10.8 Å². The highest BCUT2D eigenvalue weighted by atomic mass is 32.2. The summed E-state index contributed by atoms with van der Waals surface area (Å²) in [4.78, 5) is 12.6. The molecule has 0 saturated carbocycles. The molecule has 5 nitrogen and oxygen atoms in total. The first kappa shape index (κ1) is 15.4. The third-order valence-electron chi connectivity index (χ3n) is 4.92. The van der Waals surface area contributed by atoms with Gasteiger partial charge in [0, 0.05) is 17.0 Å². The van der Waals surface area contributed by atoms with Gasteiger partial charge in [-0.15, -0.1) is 0 Å². The lowest BCUT2D eigenvalue weighted by Gasteiger charge is -2.35. The maximum Gasteiger partial charge on any atom is 0.321 e. The number of aryl methyl sites for hydroxylation is 1. The van der Waals surface area contributed by atoms with Crippen LogP contribution in [0.2, 0.25) is 0 Å². The predicted octanol–water partition coefficient (Wildman–Crippen LogP) is 3.93. The van der Waals surface area contributed by atoms with Crippen LogP contribution in [0.1, 0.15) is 22.7 Å². The Bertz CT molecular complexity index is 1060. The van der Waals surface area contributed by atoms with Crippen LogP contribution < -0.4 is 4.74 Å². The van der Waals surface area contributed by atoms with E-state index >= 15 is 0 Å². The van der Waals surface area contributed by atoms with E-state index in [2.05, 4.69) is 0 Å². The summed E-state index contributed by atoms with van der Waals surface area (Å²) in [6.07, 6.45) is 0. The minimum atomic E-state index is -0.602. The van der Waals surface area contributed by atoms with Gasteiger partial charge in [-0.3, -0.25) is 10.2 Å². The lowest BCUT2D eigenvalue weighted by atomic mass is 9.79. The molecule has 3 aromatic rings. The second-order valence-corrected chi connectivity index (χ2v) is 7.46. The van der Waals surface area contributed by atoms with Crippen molar-refractivity contribution in [1.82, 2.24) is 9.78 Å². The number of nitrogens with zero attached hydrogens (tertiary/aromatic N) is 2. The lowest BCUT2D eigenvalue weighted by Crippen LogP contribution is -2.38. The van der Waals surface area contributed by atoms with Crippen molar-refractivity contribution in [2.24, 2.45) is 5.92 Å². The fourth-order valence-electron chi connectivity index (χ4n) is 3.78. The van der Waals surface area contributed by atoms with Crippen molar-refractivity contribution in [2.75, 3.05) is 0 Å². The van der Waals surface area contributed by atoms with Gasteiger partial charge in [0.2, 0.25) is 0 Å². The van der Waals surface area contributed by atoms with Crippen molar-refractivity contribution < 1.29 is 9.53 Å². The third kappa shape index (κ3) is 2.08. The fourth-order valence-corrected chi connectivity index (χ4v) is 4.97. The van der Waals surface area contributed by atoms with Crippen molar-refractivity contribution in [3.05, 3.63) is 71.4 Å². The average Bonchev–Trinajstić information content (AvgIpc) is 2.98. The molecule has 0 bridgehead atoms. The molecule has 1 aromatic heterocycles. The molecule has 0 radical (unpaired) electrons. The van der Waals surface area contributed by atoms with E-state index in [0.717, 1.165) is 27.5 Å². The number of carbonyl (C=O) groups is 1. The molecule has 2 atom stereocenters. The van der Waals surface area contributed by atoms with Gasteiger partial charge in [-0.2, -0.15) is 5.10 Å². The highest BCUT2D eigenvalue weighted by Crippen LogP contribution is 2.52. The molecule has 3 heterocycles. The Kier molecular flexibility index (Phi) is 3.30. The monoisotopic (exact) mass is 361 g/mol. The maximum absolute atomic E-state index is 12.6. The topological polar surface area (TPSA) is 68.0 Å². The van der Waals surface area contributed by atoms with Crippen LogP contribution >= 0.6 is 11.8 Å². The Morgan fingerprint density at radius 2 is 1.81 bits per heavy atom. The van der Waals surface area contributed by atoms with Crippen LogP contribution in [0.15, 0.2) is 59.6 Å². The van der Waals surface area contributed by atoms with E-state index in [1.165, 1.54) is 11.8 Å². The molecule has 128 valence electrons. The quantitative estimate of drug-likeness (QED) is 0.527. The molecule has 1 N–H and O–H groups in total. The summed E-state index contributed by atoms with van der Waals surface area (Å²) in [6, 6.07) is 17.5. The number of hydrogen-bond donors (Lipinski definition) is 1. The van der Waals surface area contributed by atoms with E-state index in [-0.39, 0.29) is 11.9 Å². The molecule has 2 aromatic carbocycles. The van der Waals surface area contributed by atoms with Crippen molar-refractivity contribution in [2.45, 2.75) is 17.9 Å². The Morgan fingerprint density at radius 1 is 1.08 bits per heavy atom. The van der Waals surface area contributed by atoms with Crippen LogP contribution in [0.5, 0.6) is 5.75 Å². The number of carbonyl (C=O) groups excluding carboxylic acids is 1. The van der Waals surface area contributed by atoms with Crippen LogP contribution in [0.25, 0.3) is 5.69 Å². The summed E-state index contributed by atoms with van der Waals surface area (Å²) in [5.41, 5.74) is 3.79. The first-order chi connectivity index (χ1) is 12.6. The van der Waals surface area contributed by atoms with Gasteiger partial charge in [-0.25, -0.2) is 4.68 Å². The minimum absolute atomic E-state index is 0.228. The molecule has 2 aliphatic heterocycles. The van der Waals surface area contributed by atoms with E-state index in [1.807, 2.05) is 66.2 Å². The summed E-state index contributed by atoms with van der Waals surface area (Å²) in [6.45, 7) is 1.97. The Balaban J connectivity index is 1.77. The van der Waals surface area contributed by atoms with Crippen molar-refractivity contribution in [3.8, 4) is 11.4 Å².